The highest BCUT2D eigenvalue weighted by Crippen LogP contribution is 2.35. The fraction of sp³-hybridized carbons (Fsp3) is 0.241. The molecule has 0 fully saturated rings. The molecular weight excluding hydrogens is 507 g/mol. The molecule has 0 aromatic heterocycles. The topological polar surface area (TPSA) is 96.9 Å². The van der Waals surface area contributed by atoms with Crippen molar-refractivity contribution in [2.75, 3.05) is 5.32 Å². The Bertz CT molecular complexity index is 1350. The fourth-order valence-electron chi connectivity index (χ4n) is 4.12. The van der Waals surface area contributed by atoms with Crippen LogP contribution >= 0.6 is 23.2 Å². The minimum Gasteiger partial charge on any atom is -0.394 e. The first-order valence-electron chi connectivity index (χ1n) is 11.9. The molecule has 0 spiro atoms. The van der Waals surface area contributed by atoms with E-state index in [9.17, 15) is 9.70 Å². The van der Waals surface area contributed by atoms with Crippen molar-refractivity contribution < 1.29 is 4.79 Å². The lowest BCUT2D eigenvalue weighted by atomic mass is 9.86. The van der Waals surface area contributed by atoms with Crippen LogP contribution in [0.4, 0.5) is 5.69 Å². The van der Waals surface area contributed by atoms with Crippen molar-refractivity contribution in [1.82, 2.24) is 0 Å². The van der Waals surface area contributed by atoms with Crippen molar-refractivity contribution in [1.29, 1.82) is 0 Å². The van der Waals surface area contributed by atoms with Gasteiger partial charge in [-0.2, -0.15) is 0 Å². The molecule has 0 aliphatic heterocycles. The second-order valence-corrected chi connectivity index (χ2v) is 9.98. The van der Waals surface area contributed by atoms with Gasteiger partial charge >= 0.3 is 5.91 Å². The van der Waals surface area contributed by atoms with E-state index in [-0.39, 0.29) is 11.6 Å². The van der Waals surface area contributed by atoms with Crippen LogP contribution in [-0.2, 0) is 11.3 Å². The van der Waals surface area contributed by atoms with Crippen molar-refractivity contribution in [2.24, 2.45) is 21.8 Å². The van der Waals surface area contributed by atoms with Gasteiger partial charge in [0.1, 0.15) is 5.70 Å². The number of hydrogen-bond acceptors (Lipinski definition) is 5. The van der Waals surface area contributed by atoms with E-state index in [4.69, 9.17) is 33.9 Å². The summed E-state index contributed by atoms with van der Waals surface area (Å²) in [5.74, 6) is -1.18. The second-order valence-electron chi connectivity index (χ2n) is 9.10. The lowest BCUT2D eigenvalue weighted by Gasteiger charge is -2.29. The van der Waals surface area contributed by atoms with Crippen LogP contribution in [0.3, 0.4) is 0 Å². The average Bonchev–Trinajstić information content (AvgIpc) is 2.87. The van der Waals surface area contributed by atoms with Gasteiger partial charge in [-0.15, -0.1) is 4.91 Å². The zero-order valence-electron chi connectivity index (χ0n) is 21.3. The maximum atomic E-state index is 12.6. The molecular formula is C29H30Cl2N4O2. The first-order valence-corrected chi connectivity index (χ1v) is 12.6. The molecule has 1 unspecified atom stereocenters. The summed E-state index contributed by atoms with van der Waals surface area (Å²) in [5.41, 5.74) is 11.5. The maximum absolute atomic E-state index is 12.6. The number of aryl methyl sites for hydroxylation is 2. The van der Waals surface area contributed by atoms with Crippen LogP contribution in [0.2, 0.25) is 10.0 Å². The first-order chi connectivity index (χ1) is 17.6. The molecule has 0 aliphatic carbocycles. The van der Waals surface area contributed by atoms with Crippen LogP contribution in [-0.4, -0.2) is 11.6 Å². The average molecular weight is 537 g/mol. The summed E-state index contributed by atoms with van der Waals surface area (Å²) in [6.07, 6.45) is 0. The highest BCUT2D eigenvalue weighted by Gasteiger charge is 2.30. The lowest BCUT2D eigenvalue weighted by Crippen LogP contribution is -2.29. The fourth-order valence-corrected chi connectivity index (χ4v) is 4.52. The van der Waals surface area contributed by atoms with E-state index >= 15 is 0 Å². The van der Waals surface area contributed by atoms with Gasteiger partial charge in [0, 0.05) is 32.2 Å². The minimum atomic E-state index is -1.05. The van der Waals surface area contributed by atoms with Crippen molar-refractivity contribution in [3.8, 4) is 0 Å². The molecule has 37 heavy (non-hydrogen) atoms. The smallest absolute Gasteiger partial charge is 0.332 e. The number of nitroso groups, excluding NO2 is 1. The van der Waals surface area contributed by atoms with Crippen molar-refractivity contribution >= 4 is 40.5 Å². The van der Waals surface area contributed by atoms with Crippen LogP contribution in [0.1, 0.15) is 42.1 Å². The summed E-state index contributed by atoms with van der Waals surface area (Å²) in [6, 6.07) is 20.1. The van der Waals surface area contributed by atoms with Gasteiger partial charge in [-0.25, -0.2) is 0 Å². The Kier molecular flexibility index (Phi) is 9.61. The van der Waals surface area contributed by atoms with Crippen molar-refractivity contribution in [3.63, 3.8) is 0 Å². The molecule has 3 aromatic carbocycles. The number of halogens is 2. The standard InChI is InChI=1S/C29H30Cl2N4O2/c1-17(2)27(33-16-20-8-6-5-7-9-20)25(26(32)29(36)35-37)28(23-13-12-21(30)14-19(23)4)34-24-15-22(31)11-10-18(24)3/h5-15,17,28,34H,16,32H2,1-4H3. The van der Waals surface area contributed by atoms with E-state index in [1.165, 1.54) is 0 Å². The number of carbonyl (C=O) groups excluding carboxylic acids is 1. The van der Waals surface area contributed by atoms with Crippen LogP contribution in [0, 0.1) is 24.7 Å². The molecule has 3 N–H and O–H groups in total. The summed E-state index contributed by atoms with van der Waals surface area (Å²) in [6.45, 7) is 8.17. The van der Waals surface area contributed by atoms with E-state index in [1.807, 2.05) is 76.2 Å². The molecule has 0 aliphatic rings. The molecule has 0 heterocycles. The maximum Gasteiger partial charge on any atom is 0.332 e. The summed E-state index contributed by atoms with van der Waals surface area (Å²) in [7, 11) is 0. The normalized spacial score (nSPS) is 13.2. The molecule has 0 saturated carbocycles. The molecule has 0 radical (unpaired) electrons. The number of amides is 1. The Morgan fingerprint density at radius 3 is 2.22 bits per heavy atom. The van der Waals surface area contributed by atoms with Crippen molar-refractivity contribution in [3.05, 3.63) is 115 Å². The number of nitrogens with zero attached hydrogens (tertiary/aromatic N) is 2. The Balaban J connectivity index is 2.30. The lowest BCUT2D eigenvalue weighted by molar-refractivity contribution is -0.114. The number of carbonyl (C=O) groups is 1. The third-order valence-electron chi connectivity index (χ3n) is 6.03. The molecule has 1 amide bonds. The predicted octanol–water partition coefficient (Wildman–Crippen LogP) is 7.57. The van der Waals surface area contributed by atoms with Gasteiger partial charge < -0.3 is 11.1 Å². The van der Waals surface area contributed by atoms with E-state index in [1.54, 1.807) is 18.2 Å². The summed E-state index contributed by atoms with van der Waals surface area (Å²) < 4.78 is 0. The van der Waals surface area contributed by atoms with Gasteiger partial charge in [0.25, 0.3) is 0 Å². The zero-order valence-corrected chi connectivity index (χ0v) is 22.8. The van der Waals surface area contributed by atoms with Gasteiger partial charge in [-0.1, -0.05) is 79.5 Å². The number of nitrogens with one attached hydrogen (secondary N) is 1. The highest BCUT2D eigenvalue weighted by atomic mass is 35.5. The van der Waals surface area contributed by atoms with Gasteiger partial charge in [-0.05, 0) is 66.3 Å². The SMILES string of the molecule is Cc1ccc(Cl)cc1NC(C(C(=NCc1ccccc1)C(C)C)=C(N)C(=O)N=O)c1ccc(Cl)cc1C. The Morgan fingerprint density at radius 2 is 1.59 bits per heavy atom. The van der Waals surface area contributed by atoms with E-state index in [0.717, 1.165) is 27.9 Å². The number of nitrogens with two attached hydrogens (primary N) is 1. The Hall–Kier alpha value is -3.48. The zero-order chi connectivity index (χ0) is 27.1. The molecule has 192 valence electrons. The largest absolute Gasteiger partial charge is 0.394 e. The van der Waals surface area contributed by atoms with Crippen LogP contribution < -0.4 is 11.1 Å². The molecule has 6 nitrogen and oxygen atoms in total. The number of rotatable bonds is 9. The van der Waals surface area contributed by atoms with Gasteiger partial charge in [0.2, 0.25) is 0 Å². The highest BCUT2D eigenvalue weighted by molar-refractivity contribution is 6.31. The monoisotopic (exact) mass is 536 g/mol. The van der Waals surface area contributed by atoms with E-state index in [2.05, 4.69) is 10.5 Å². The number of aliphatic imine (C=N–C) groups is 1. The summed E-state index contributed by atoms with van der Waals surface area (Å²) in [5, 5.41) is 7.26. The first kappa shape index (κ1) is 28.1. The molecule has 0 bridgehead atoms. The van der Waals surface area contributed by atoms with E-state index in [0.29, 0.717) is 27.9 Å². The Labute approximate surface area is 227 Å². The number of anilines is 1. The van der Waals surface area contributed by atoms with E-state index < -0.39 is 11.9 Å². The molecule has 1 atom stereocenters. The quantitative estimate of drug-likeness (QED) is 0.167. The predicted molar refractivity (Wildman–Crippen MR) is 153 cm³/mol. The van der Waals surface area contributed by atoms with Gasteiger partial charge in [0.05, 0.1) is 12.6 Å². The second kappa shape index (κ2) is 12.7. The van der Waals surface area contributed by atoms with Crippen molar-refractivity contribution in [2.45, 2.75) is 40.3 Å². The van der Waals surface area contributed by atoms with Crippen LogP contribution in [0.5, 0.6) is 0 Å². The molecule has 0 saturated heterocycles. The Morgan fingerprint density at radius 1 is 0.946 bits per heavy atom. The van der Waals surface area contributed by atoms with Gasteiger partial charge in [0.15, 0.2) is 0 Å². The third kappa shape index (κ3) is 7.06. The summed E-state index contributed by atoms with van der Waals surface area (Å²) in [4.78, 5) is 28.9. The van der Waals surface area contributed by atoms with Gasteiger partial charge in [-0.3, -0.25) is 9.79 Å². The minimum absolute atomic E-state index is 0.130. The van der Waals surface area contributed by atoms with Crippen LogP contribution in [0.25, 0.3) is 0 Å². The molecule has 3 aromatic rings. The third-order valence-corrected chi connectivity index (χ3v) is 6.50. The number of benzene rings is 3. The molecule has 3 rings (SSSR count). The van der Waals surface area contributed by atoms with Crippen LogP contribution in [0.15, 0.2) is 88.2 Å². The summed E-state index contributed by atoms with van der Waals surface area (Å²) >= 11 is 12.6. The molecule has 8 heteroatoms. The number of hydrogen-bond donors (Lipinski definition) is 2.